The van der Waals surface area contributed by atoms with Crippen molar-refractivity contribution in [2.45, 2.75) is 54.4 Å². The van der Waals surface area contributed by atoms with E-state index in [0.29, 0.717) is 0 Å². The Hall–Kier alpha value is 0.310. The third-order valence-electron chi connectivity index (χ3n) is 3.82. The standard InChI is InChI=1S/C7H14O.C7H14S.C2H6/c2*1-6(2)7-3-4-8-5-7;1-2/h2*6-7H,3-5H2,1-2H3;1-2H3. The van der Waals surface area contributed by atoms with Gasteiger partial charge >= 0.3 is 0 Å². The Morgan fingerprint density at radius 1 is 0.944 bits per heavy atom. The molecular weight excluding hydrogens is 240 g/mol. The van der Waals surface area contributed by atoms with Gasteiger partial charge in [0.15, 0.2) is 0 Å². The number of thioether (sulfide) groups is 1. The van der Waals surface area contributed by atoms with Crippen molar-refractivity contribution in [2.75, 3.05) is 24.7 Å². The van der Waals surface area contributed by atoms with E-state index in [1.165, 1.54) is 24.3 Å². The molecular formula is C16H34OS. The van der Waals surface area contributed by atoms with E-state index in [-0.39, 0.29) is 0 Å². The monoisotopic (exact) mass is 274 g/mol. The van der Waals surface area contributed by atoms with Crippen molar-refractivity contribution < 1.29 is 4.74 Å². The van der Waals surface area contributed by atoms with Gasteiger partial charge in [0.2, 0.25) is 0 Å². The first-order valence-electron chi connectivity index (χ1n) is 7.76. The normalized spacial score (nSPS) is 26.7. The molecule has 1 nitrogen and oxygen atoms in total. The van der Waals surface area contributed by atoms with E-state index in [1.54, 1.807) is 0 Å². The lowest BCUT2D eigenvalue weighted by molar-refractivity contribution is 0.177. The average Bonchev–Trinajstić information content (AvgIpc) is 3.06. The molecule has 2 heteroatoms. The summed E-state index contributed by atoms with van der Waals surface area (Å²) < 4.78 is 5.22. The Morgan fingerprint density at radius 3 is 1.78 bits per heavy atom. The summed E-state index contributed by atoms with van der Waals surface area (Å²) >= 11 is 2.11. The van der Waals surface area contributed by atoms with Crippen LogP contribution in [0.25, 0.3) is 0 Å². The molecule has 2 fully saturated rings. The quantitative estimate of drug-likeness (QED) is 0.693. The first-order chi connectivity index (χ1) is 8.61. The molecule has 0 saturated carbocycles. The van der Waals surface area contributed by atoms with Gasteiger partial charge in [0.1, 0.15) is 0 Å². The minimum absolute atomic E-state index is 0.817. The van der Waals surface area contributed by atoms with Gasteiger partial charge in [0, 0.05) is 13.2 Å². The van der Waals surface area contributed by atoms with Crippen molar-refractivity contribution in [3.8, 4) is 0 Å². The first-order valence-corrected chi connectivity index (χ1v) is 8.92. The molecule has 2 heterocycles. The lowest BCUT2D eigenvalue weighted by Crippen LogP contribution is -2.06. The van der Waals surface area contributed by atoms with Crippen LogP contribution in [0.1, 0.15) is 54.4 Å². The Morgan fingerprint density at radius 2 is 1.56 bits per heavy atom. The highest BCUT2D eigenvalue weighted by molar-refractivity contribution is 7.99. The molecule has 0 N–H and O–H groups in total. The molecule has 0 amide bonds. The van der Waals surface area contributed by atoms with Crippen LogP contribution in [0.3, 0.4) is 0 Å². The van der Waals surface area contributed by atoms with Crippen molar-refractivity contribution in [3.63, 3.8) is 0 Å². The molecule has 0 aliphatic carbocycles. The van der Waals surface area contributed by atoms with Crippen molar-refractivity contribution in [2.24, 2.45) is 23.7 Å². The maximum atomic E-state index is 5.22. The smallest absolute Gasteiger partial charge is 0.0497 e. The van der Waals surface area contributed by atoms with Crippen LogP contribution in [-0.4, -0.2) is 24.7 Å². The fraction of sp³-hybridized carbons (Fsp3) is 1.00. The third kappa shape index (κ3) is 7.68. The highest BCUT2D eigenvalue weighted by Crippen LogP contribution is 2.28. The molecule has 2 rings (SSSR count). The zero-order chi connectivity index (χ0) is 14.0. The molecule has 2 aliphatic heterocycles. The van der Waals surface area contributed by atoms with Crippen molar-refractivity contribution in [3.05, 3.63) is 0 Å². The second-order valence-corrected chi connectivity index (χ2v) is 6.89. The highest BCUT2D eigenvalue weighted by atomic mass is 32.2. The number of rotatable bonds is 2. The summed E-state index contributed by atoms with van der Waals surface area (Å²) in [7, 11) is 0. The van der Waals surface area contributed by atoms with Crippen molar-refractivity contribution in [1.29, 1.82) is 0 Å². The molecule has 0 aromatic carbocycles. The third-order valence-corrected chi connectivity index (χ3v) is 5.00. The van der Waals surface area contributed by atoms with Crippen LogP contribution in [0.15, 0.2) is 0 Å². The predicted molar refractivity (Wildman–Crippen MR) is 85.4 cm³/mol. The number of hydrogen-bond acceptors (Lipinski definition) is 2. The summed E-state index contributed by atoms with van der Waals surface area (Å²) in [6.07, 6.45) is 2.74. The van der Waals surface area contributed by atoms with Crippen LogP contribution in [0.5, 0.6) is 0 Å². The molecule has 2 unspecified atom stereocenters. The Balaban J connectivity index is 0.000000283. The van der Waals surface area contributed by atoms with Crippen LogP contribution in [-0.2, 0) is 4.74 Å². The van der Waals surface area contributed by atoms with Gasteiger partial charge in [0.05, 0.1) is 0 Å². The largest absolute Gasteiger partial charge is 0.381 e. The van der Waals surface area contributed by atoms with Gasteiger partial charge in [-0.25, -0.2) is 0 Å². The second-order valence-electron chi connectivity index (χ2n) is 5.74. The topological polar surface area (TPSA) is 9.23 Å². The molecule has 0 bridgehead atoms. The molecule has 110 valence electrons. The van der Waals surface area contributed by atoms with Gasteiger partial charge in [-0.05, 0) is 48.0 Å². The molecule has 2 atom stereocenters. The second kappa shape index (κ2) is 11.2. The molecule has 2 saturated heterocycles. The van der Waals surface area contributed by atoms with E-state index in [9.17, 15) is 0 Å². The summed E-state index contributed by atoms with van der Waals surface area (Å²) in [6, 6.07) is 0. The lowest BCUT2D eigenvalue weighted by atomic mass is 9.96. The number of ether oxygens (including phenoxy) is 1. The van der Waals surface area contributed by atoms with E-state index in [2.05, 4.69) is 39.5 Å². The molecule has 18 heavy (non-hydrogen) atoms. The van der Waals surface area contributed by atoms with E-state index < -0.39 is 0 Å². The maximum absolute atomic E-state index is 5.22. The lowest BCUT2D eigenvalue weighted by Gasteiger charge is -2.10. The predicted octanol–water partition coefficient (Wildman–Crippen LogP) is 5.10. The molecule has 0 spiro atoms. The maximum Gasteiger partial charge on any atom is 0.0497 e. The van der Waals surface area contributed by atoms with E-state index in [0.717, 1.165) is 36.9 Å². The van der Waals surface area contributed by atoms with Gasteiger partial charge < -0.3 is 4.74 Å². The Bertz CT molecular complexity index is 148. The average molecular weight is 275 g/mol. The molecule has 0 aromatic rings. The van der Waals surface area contributed by atoms with Gasteiger partial charge in [-0.15, -0.1) is 0 Å². The van der Waals surface area contributed by atoms with E-state index >= 15 is 0 Å². The van der Waals surface area contributed by atoms with Gasteiger partial charge in [-0.2, -0.15) is 11.8 Å². The van der Waals surface area contributed by atoms with Crippen LogP contribution in [0.2, 0.25) is 0 Å². The Labute approximate surface area is 119 Å². The first kappa shape index (κ1) is 18.3. The summed E-state index contributed by atoms with van der Waals surface area (Å²) in [6.45, 7) is 15.2. The Kier molecular flexibility index (Phi) is 11.4. The van der Waals surface area contributed by atoms with Gasteiger partial charge in [-0.3, -0.25) is 0 Å². The van der Waals surface area contributed by atoms with Crippen molar-refractivity contribution in [1.82, 2.24) is 0 Å². The summed E-state index contributed by atoms with van der Waals surface area (Å²) in [5, 5.41) is 0. The minimum Gasteiger partial charge on any atom is -0.381 e. The SMILES string of the molecule is CC.CC(C)C1CCOC1.CC(C)C1CCSC1. The summed E-state index contributed by atoms with van der Waals surface area (Å²) in [5.41, 5.74) is 0. The van der Waals surface area contributed by atoms with Crippen LogP contribution < -0.4 is 0 Å². The molecule has 2 aliphatic rings. The van der Waals surface area contributed by atoms with Crippen LogP contribution >= 0.6 is 11.8 Å². The van der Waals surface area contributed by atoms with Crippen LogP contribution in [0.4, 0.5) is 0 Å². The zero-order valence-corrected chi connectivity index (χ0v) is 14.2. The fourth-order valence-electron chi connectivity index (χ4n) is 2.16. The van der Waals surface area contributed by atoms with Gasteiger partial charge in [-0.1, -0.05) is 41.5 Å². The highest BCUT2D eigenvalue weighted by Gasteiger charge is 2.18. The fourth-order valence-corrected chi connectivity index (χ4v) is 3.65. The van der Waals surface area contributed by atoms with Crippen molar-refractivity contribution >= 4 is 11.8 Å². The number of hydrogen-bond donors (Lipinski definition) is 0. The summed E-state index contributed by atoms with van der Waals surface area (Å²) in [5.74, 6) is 6.43. The van der Waals surface area contributed by atoms with Crippen LogP contribution in [0, 0.1) is 23.7 Å². The van der Waals surface area contributed by atoms with E-state index in [4.69, 9.17) is 4.74 Å². The van der Waals surface area contributed by atoms with Gasteiger partial charge in [0.25, 0.3) is 0 Å². The molecule has 0 aromatic heterocycles. The molecule has 0 radical (unpaired) electrons. The summed E-state index contributed by atoms with van der Waals surface area (Å²) in [4.78, 5) is 0. The van der Waals surface area contributed by atoms with E-state index in [1.807, 2.05) is 13.8 Å². The minimum atomic E-state index is 0.817. The zero-order valence-electron chi connectivity index (χ0n) is 13.4.